The first-order chi connectivity index (χ1) is 18.7. The average Bonchev–Trinajstić information content (AvgIpc) is 3.28. The third-order valence-corrected chi connectivity index (χ3v) is 7.01. The van der Waals surface area contributed by atoms with Crippen molar-refractivity contribution in [2.24, 2.45) is 5.10 Å². The molecule has 0 saturated carbocycles. The predicted octanol–water partition coefficient (Wildman–Crippen LogP) is 7.20. The molecule has 0 fully saturated rings. The summed E-state index contributed by atoms with van der Waals surface area (Å²) in [6.45, 7) is 0.367. The summed E-state index contributed by atoms with van der Waals surface area (Å²) in [7, 11) is 0. The number of anilines is 1. The highest BCUT2D eigenvalue weighted by Gasteiger charge is 2.45. The van der Waals surface area contributed by atoms with Gasteiger partial charge in [0, 0.05) is 10.7 Å². The number of hydrogen-bond donors (Lipinski definition) is 1. The Morgan fingerprint density at radius 1 is 0.872 bits per heavy atom. The van der Waals surface area contributed by atoms with Crippen molar-refractivity contribution in [3.8, 4) is 0 Å². The first-order valence-corrected chi connectivity index (χ1v) is 12.8. The Labute approximate surface area is 229 Å². The van der Waals surface area contributed by atoms with Gasteiger partial charge in [0.25, 0.3) is 0 Å². The van der Waals surface area contributed by atoms with Crippen LogP contribution in [0, 0.1) is 0 Å². The maximum atomic E-state index is 13.0. The lowest BCUT2D eigenvalue weighted by molar-refractivity contribution is -0.137. The summed E-state index contributed by atoms with van der Waals surface area (Å²) >= 11 is 6.18. The van der Waals surface area contributed by atoms with Gasteiger partial charge in [-0.25, -0.2) is 0 Å². The molecule has 0 aromatic heterocycles. The van der Waals surface area contributed by atoms with E-state index in [9.17, 15) is 18.0 Å². The van der Waals surface area contributed by atoms with Gasteiger partial charge in [-0.2, -0.15) is 18.3 Å². The Kier molecular flexibility index (Phi) is 7.44. The van der Waals surface area contributed by atoms with E-state index in [1.807, 2.05) is 60.7 Å². The molecule has 0 aliphatic carbocycles. The van der Waals surface area contributed by atoms with E-state index in [0.717, 1.165) is 34.5 Å². The Morgan fingerprint density at radius 3 is 2.10 bits per heavy atom. The normalized spacial score (nSPS) is 17.1. The molecule has 4 aromatic carbocycles. The summed E-state index contributed by atoms with van der Waals surface area (Å²) in [4.78, 5) is 13.0. The van der Waals surface area contributed by atoms with Crippen LogP contribution in [0.3, 0.4) is 0 Å². The number of hydrogen-bond acceptors (Lipinski definition) is 3. The van der Waals surface area contributed by atoms with Gasteiger partial charge in [-0.15, -0.1) is 0 Å². The minimum absolute atomic E-state index is 0.0680. The van der Waals surface area contributed by atoms with Crippen LogP contribution < -0.4 is 5.32 Å². The zero-order chi connectivity index (χ0) is 27.5. The van der Waals surface area contributed by atoms with Gasteiger partial charge in [-0.3, -0.25) is 9.80 Å². The molecule has 1 heterocycles. The summed E-state index contributed by atoms with van der Waals surface area (Å²) in [5, 5.41) is 9.96. The van der Waals surface area contributed by atoms with Crippen molar-refractivity contribution < 1.29 is 18.0 Å². The number of hydrazone groups is 1. The van der Waals surface area contributed by atoms with Crippen LogP contribution in [0.4, 0.5) is 18.9 Å². The zero-order valence-electron chi connectivity index (χ0n) is 20.8. The van der Waals surface area contributed by atoms with Gasteiger partial charge >= 0.3 is 6.18 Å². The maximum absolute atomic E-state index is 13.0. The molecule has 4 aromatic rings. The fourth-order valence-electron chi connectivity index (χ4n) is 4.97. The van der Waals surface area contributed by atoms with E-state index in [4.69, 9.17) is 16.7 Å². The molecule has 1 aliphatic heterocycles. The lowest BCUT2D eigenvalue weighted by Gasteiger charge is -2.32. The molecule has 1 aliphatic rings. The van der Waals surface area contributed by atoms with E-state index in [1.54, 1.807) is 5.01 Å². The SMILES string of the molecule is O=C(CN1CC(Cc2ccccc2)(c2ccccc2)C(c2ccc(Cl)cc2)=N1)Nc1ccc(C(F)(F)F)cc1. The number of alkyl halides is 3. The fourth-order valence-corrected chi connectivity index (χ4v) is 5.10. The van der Waals surface area contributed by atoms with Crippen LogP contribution >= 0.6 is 11.6 Å². The molecule has 0 bridgehead atoms. The monoisotopic (exact) mass is 547 g/mol. The first-order valence-electron chi connectivity index (χ1n) is 12.4. The molecule has 4 nitrogen and oxygen atoms in total. The van der Waals surface area contributed by atoms with Crippen molar-refractivity contribution in [2.75, 3.05) is 18.4 Å². The number of halogens is 4. The Balaban J connectivity index is 1.47. The van der Waals surface area contributed by atoms with E-state index >= 15 is 0 Å². The lowest BCUT2D eigenvalue weighted by Crippen LogP contribution is -2.42. The maximum Gasteiger partial charge on any atom is 0.416 e. The van der Waals surface area contributed by atoms with Crippen molar-refractivity contribution in [3.05, 3.63) is 136 Å². The van der Waals surface area contributed by atoms with Gasteiger partial charge in [0.15, 0.2) is 0 Å². The molecule has 0 radical (unpaired) electrons. The largest absolute Gasteiger partial charge is 0.416 e. The molecule has 198 valence electrons. The zero-order valence-corrected chi connectivity index (χ0v) is 21.6. The highest BCUT2D eigenvalue weighted by Crippen LogP contribution is 2.39. The van der Waals surface area contributed by atoms with E-state index in [0.29, 0.717) is 18.0 Å². The molecular weight excluding hydrogens is 523 g/mol. The Hall–Kier alpha value is -4.10. The van der Waals surface area contributed by atoms with Gasteiger partial charge in [-0.05, 0) is 59.5 Å². The molecule has 0 saturated heterocycles. The number of benzene rings is 4. The van der Waals surface area contributed by atoms with E-state index < -0.39 is 17.2 Å². The second-order valence-electron chi connectivity index (χ2n) is 9.51. The van der Waals surface area contributed by atoms with Crippen molar-refractivity contribution >= 4 is 28.9 Å². The molecule has 39 heavy (non-hydrogen) atoms. The quantitative estimate of drug-likeness (QED) is 0.266. The van der Waals surface area contributed by atoms with Crippen LogP contribution in [0.1, 0.15) is 22.3 Å². The van der Waals surface area contributed by atoms with E-state index in [2.05, 4.69) is 29.6 Å². The third kappa shape index (κ3) is 5.99. The van der Waals surface area contributed by atoms with E-state index in [-0.39, 0.29) is 18.1 Å². The molecular formula is C31H25ClF3N3O. The van der Waals surface area contributed by atoms with Gasteiger partial charge in [-0.1, -0.05) is 84.4 Å². The van der Waals surface area contributed by atoms with Crippen molar-refractivity contribution in [1.82, 2.24) is 5.01 Å². The number of rotatable bonds is 7. The minimum Gasteiger partial charge on any atom is -0.324 e. The molecule has 0 spiro atoms. The van der Waals surface area contributed by atoms with Crippen LogP contribution in [-0.2, 0) is 22.8 Å². The van der Waals surface area contributed by atoms with Crippen molar-refractivity contribution in [1.29, 1.82) is 0 Å². The highest BCUT2D eigenvalue weighted by molar-refractivity contribution is 6.30. The summed E-state index contributed by atoms with van der Waals surface area (Å²) in [5.74, 6) is -0.377. The highest BCUT2D eigenvalue weighted by atomic mass is 35.5. The van der Waals surface area contributed by atoms with Crippen LogP contribution in [-0.4, -0.2) is 29.7 Å². The molecule has 1 atom stereocenters. The summed E-state index contributed by atoms with van der Waals surface area (Å²) < 4.78 is 38.7. The summed E-state index contributed by atoms with van der Waals surface area (Å²) in [6, 6.07) is 32.1. The number of amides is 1. The van der Waals surface area contributed by atoms with Crippen molar-refractivity contribution in [3.63, 3.8) is 0 Å². The Bertz CT molecular complexity index is 1460. The molecule has 1 unspecified atom stereocenters. The average molecular weight is 548 g/mol. The second kappa shape index (κ2) is 10.9. The second-order valence-corrected chi connectivity index (χ2v) is 9.95. The number of nitrogens with zero attached hydrogens (tertiary/aromatic N) is 2. The molecule has 1 N–H and O–H groups in total. The van der Waals surface area contributed by atoms with Gasteiger partial charge < -0.3 is 5.32 Å². The molecule has 5 rings (SSSR count). The predicted molar refractivity (Wildman–Crippen MR) is 148 cm³/mol. The van der Waals surface area contributed by atoms with Gasteiger partial charge in [0.2, 0.25) is 5.91 Å². The molecule has 8 heteroatoms. The standard InChI is InChI=1S/C31H25ClF3N3O/c32-26-15-11-23(12-16-26)29-30(24-9-5-2-6-10-24,19-22-7-3-1-4-8-22)21-38(37-29)20-28(39)36-27-17-13-25(14-18-27)31(33,34)35/h1-18H,19-21H2,(H,36,39). The fraction of sp³-hybridized carbons (Fsp3) is 0.161. The molecule has 1 amide bonds. The Morgan fingerprint density at radius 2 is 1.49 bits per heavy atom. The van der Waals surface area contributed by atoms with Crippen LogP contribution in [0.2, 0.25) is 5.02 Å². The topological polar surface area (TPSA) is 44.7 Å². The number of carbonyl (C=O) groups excluding carboxylic acids is 1. The van der Waals surface area contributed by atoms with E-state index in [1.165, 1.54) is 12.1 Å². The van der Waals surface area contributed by atoms with Crippen LogP contribution in [0.15, 0.2) is 114 Å². The van der Waals surface area contributed by atoms with Gasteiger partial charge in [0.05, 0.1) is 23.2 Å². The first kappa shape index (κ1) is 26.5. The van der Waals surface area contributed by atoms with Crippen molar-refractivity contribution in [2.45, 2.75) is 18.0 Å². The van der Waals surface area contributed by atoms with Gasteiger partial charge in [0.1, 0.15) is 6.54 Å². The number of carbonyl (C=O) groups is 1. The summed E-state index contributed by atoms with van der Waals surface area (Å²) in [5.41, 5.74) is 2.85. The lowest BCUT2D eigenvalue weighted by atomic mass is 9.70. The summed E-state index contributed by atoms with van der Waals surface area (Å²) in [6.07, 6.45) is -3.79. The smallest absolute Gasteiger partial charge is 0.324 e. The number of nitrogens with one attached hydrogen (secondary N) is 1. The third-order valence-electron chi connectivity index (χ3n) is 6.76. The minimum atomic E-state index is -4.44. The van der Waals surface area contributed by atoms with Crippen LogP contribution in [0.25, 0.3) is 0 Å². The van der Waals surface area contributed by atoms with Crippen LogP contribution in [0.5, 0.6) is 0 Å².